The van der Waals surface area contributed by atoms with Gasteiger partial charge in [-0.1, -0.05) is 43.3 Å². The number of carbonyl (C=O) groups excluding carboxylic acids is 1. The van der Waals surface area contributed by atoms with E-state index in [-0.39, 0.29) is 11.5 Å². The van der Waals surface area contributed by atoms with Crippen LogP contribution in [0.25, 0.3) is 11.1 Å². The first-order valence-electron chi connectivity index (χ1n) is 13.4. The summed E-state index contributed by atoms with van der Waals surface area (Å²) in [6, 6.07) is 22.3. The molecule has 0 fully saturated rings. The molecule has 0 aliphatic carbocycles. The average molecular weight is 564 g/mol. The van der Waals surface area contributed by atoms with Crippen molar-refractivity contribution in [2.75, 3.05) is 26.0 Å². The molecule has 8 heteroatoms. The van der Waals surface area contributed by atoms with Crippen molar-refractivity contribution in [1.82, 2.24) is 5.32 Å². The summed E-state index contributed by atoms with van der Waals surface area (Å²) >= 11 is 0. The average Bonchev–Trinajstić information content (AvgIpc) is 3.29. The summed E-state index contributed by atoms with van der Waals surface area (Å²) < 4.78 is 41.6. The number of carbonyl (C=O) groups is 1. The zero-order chi connectivity index (χ0) is 28.9. The number of rotatable bonds is 12. The highest BCUT2D eigenvalue weighted by Gasteiger charge is 2.28. The van der Waals surface area contributed by atoms with E-state index in [0.29, 0.717) is 40.7 Å². The van der Waals surface area contributed by atoms with Gasteiger partial charge in [-0.3, -0.25) is 0 Å². The molecule has 4 rings (SSSR count). The van der Waals surface area contributed by atoms with Crippen molar-refractivity contribution in [1.29, 1.82) is 0 Å². The van der Waals surface area contributed by atoms with Gasteiger partial charge in [0.1, 0.15) is 30.3 Å². The van der Waals surface area contributed by atoms with Gasteiger partial charge in [0.15, 0.2) is 9.84 Å². The van der Waals surface area contributed by atoms with Crippen LogP contribution < -0.4 is 14.8 Å². The van der Waals surface area contributed by atoms with Crippen LogP contribution in [0.2, 0.25) is 0 Å². The van der Waals surface area contributed by atoms with E-state index < -0.39 is 21.4 Å². The minimum absolute atomic E-state index is 0.0830. The lowest BCUT2D eigenvalue weighted by Gasteiger charge is -2.26. The van der Waals surface area contributed by atoms with Crippen LogP contribution in [0.4, 0.5) is 0 Å². The number of hydrogen-bond acceptors (Lipinski definition) is 7. The molecule has 3 aromatic rings. The topological polar surface area (TPSA) is 90.9 Å². The third-order valence-electron chi connectivity index (χ3n) is 6.61. The van der Waals surface area contributed by atoms with Crippen LogP contribution in [0.1, 0.15) is 44.4 Å². The Balaban J connectivity index is 1.42. The molecule has 40 heavy (non-hydrogen) atoms. The molecule has 0 aromatic heterocycles. The fourth-order valence-corrected chi connectivity index (χ4v) is 5.30. The summed E-state index contributed by atoms with van der Waals surface area (Å²) in [7, 11) is -3.38. The van der Waals surface area contributed by atoms with Crippen LogP contribution >= 0.6 is 0 Å². The van der Waals surface area contributed by atoms with Gasteiger partial charge in [0, 0.05) is 17.9 Å². The predicted molar refractivity (Wildman–Crippen MR) is 157 cm³/mol. The SMILES string of the molecule is CCNC(C)Cc1ccc(OCC(C)(C)Oc2ccc(C3=C(c4cccc(S(C)(=O)=O)c4)COC3=O)cc2)cc1. The molecular formula is C32H37NO6S. The van der Waals surface area contributed by atoms with Crippen LogP contribution in [-0.4, -0.2) is 52.0 Å². The molecule has 0 saturated carbocycles. The second kappa shape index (κ2) is 12.3. The third kappa shape index (κ3) is 7.52. The number of nitrogens with one attached hydrogen (secondary N) is 1. The Morgan fingerprint density at radius 2 is 1.65 bits per heavy atom. The normalized spacial score (nSPS) is 14.7. The highest BCUT2D eigenvalue weighted by atomic mass is 32.2. The molecule has 3 aromatic carbocycles. The first kappa shape index (κ1) is 29.4. The van der Waals surface area contributed by atoms with E-state index in [2.05, 4.69) is 31.3 Å². The smallest absolute Gasteiger partial charge is 0.339 e. The molecule has 0 spiro atoms. The van der Waals surface area contributed by atoms with Crippen molar-refractivity contribution < 1.29 is 27.4 Å². The maximum absolute atomic E-state index is 12.6. The molecule has 0 amide bonds. The van der Waals surface area contributed by atoms with Gasteiger partial charge in [-0.2, -0.15) is 0 Å². The lowest BCUT2D eigenvalue weighted by Crippen LogP contribution is -2.35. The second-order valence-electron chi connectivity index (χ2n) is 10.7. The Hall–Kier alpha value is -3.62. The Kier molecular flexibility index (Phi) is 9.01. The Bertz CT molecular complexity index is 1470. The van der Waals surface area contributed by atoms with Crippen LogP contribution in [-0.2, 0) is 25.8 Å². The lowest BCUT2D eigenvalue weighted by molar-refractivity contribution is -0.133. The van der Waals surface area contributed by atoms with Crippen molar-refractivity contribution in [2.45, 2.75) is 50.7 Å². The van der Waals surface area contributed by atoms with Crippen LogP contribution in [0.3, 0.4) is 0 Å². The molecule has 0 radical (unpaired) electrons. The summed E-state index contributed by atoms with van der Waals surface area (Å²) in [5, 5.41) is 3.42. The van der Waals surface area contributed by atoms with E-state index in [9.17, 15) is 13.2 Å². The maximum atomic E-state index is 12.6. The third-order valence-corrected chi connectivity index (χ3v) is 7.72. The molecule has 1 unspecified atom stereocenters. The van der Waals surface area contributed by atoms with Crippen LogP contribution in [0.5, 0.6) is 11.5 Å². The van der Waals surface area contributed by atoms with Crippen molar-refractivity contribution in [3.63, 3.8) is 0 Å². The quantitative estimate of drug-likeness (QED) is 0.298. The number of ether oxygens (including phenoxy) is 3. The van der Waals surface area contributed by atoms with Gasteiger partial charge in [0.05, 0.1) is 10.5 Å². The van der Waals surface area contributed by atoms with E-state index in [0.717, 1.165) is 25.0 Å². The zero-order valence-electron chi connectivity index (χ0n) is 23.7. The van der Waals surface area contributed by atoms with Gasteiger partial charge < -0.3 is 19.5 Å². The Morgan fingerprint density at radius 1 is 0.975 bits per heavy atom. The first-order valence-corrected chi connectivity index (χ1v) is 15.3. The minimum atomic E-state index is -3.38. The molecule has 0 bridgehead atoms. The molecule has 7 nitrogen and oxygen atoms in total. The highest BCUT2D eigenvalue weighted by molar-refractivity contribution is 7.90. The summed E-state index contributed by atoms with van der Waals surface area (Å²) in [4.78, 5) is 12.8. The molecule has 212 valence electrons. The van der Waals surface area contributed by atoms with Crippen LogP contribution in [0, 0.1) is 0 Å². The maximum Gasteiger partial charge on any atom is 0.339 e. The van der Waals surface area contributed by atoms with Crippen molar-refractivity contribution in [3.8, 4) is 11.5 Å². The van der Waals surface area contributed by atoms with Crippen LogP contribution in [0.15, 0.2) is 77.7 Å². The predicted octanol–water partition coefficient (Wildman–Crippen LogP) is 5.33. The molecule has 1 aliphatic heterocycles. The molecular weight excluding hydrogens is 526 g/mol. The lowest BCUT2D eigenvalue weighted by atomic mass is 9.96. The minimum Gasteiger partial charge on any atom is -0.489 e. The van der Waals surface area contributed by atoms with Crippen molar-refractivity contribution in [2.24, 2.45) is 0 Å². The van der Waals surface area contributed by atoms with E-state index in [1.54, 1.807) is 30.3 Å². The molecule has 1 heterocycles. The fraction of sp³-hybridized carbons (Fsp3) is 0.344. The first-order chi connectivity index (χ1) is 18.9. The van der Waals surface area contributed by atoms with Crippen molar-refractivity contribution in [3.05, 3.63) is 89.5 Å². The fourth-order valence-electron chi connectivity index (χ4n) is 4.63. The standard InChI is InChI=1S/C32H37NO6S/c1-6-33-22(2)18-23-10-14-26(15-11-23)38-21-32(3,4)39-27-16-12-24(13-17-27)30-29(20-37-31(30)34)25-8-7-9-28(19-25)40(5,35)36/h7-17,19,22,33H,6,18,20-21H2,1-5H3. The number of sulfone groups is 1. The second-order valence-corrected chi connectivity index (χ2v) is 12.7. The summed E-state index contributed by atoms with van der Waals surface area (Å²) in [6.07, 6.45) is 2.12. The molecule has 1 N–H and O–H groups in total. The van der Waals surface area contributed by atoms with Gasteiger partial charge in [-0.25, -0.2) is 13.2 Å². The highest BCUT2D eigenvalue weighted by Crippen LogP contribution is 2.34. The Labute approximate surface area is 237 Å². The number of benzene rings is 3. The van der Waals surface area contributed by atoms with Gasteiger partial charge in [0.25, 0.3) is 0 Å². The van der Waals surface area contributed by atoms with Crippen molar-refractivity contribution >= 4 is 27.0 Å². The number of hydrogen-bond donors (Lipinski definition) is 1. The van der Waals surface area contributed by atoms with E-state index >= 15 is 0 Å². The Morgan fingerprint density at radius 3 is 2.30 bits per heavy atom. The summed E-state index contributed by atoms with van der Waals surface area (Å²) in [5.41, 5.74) is 3.03. The number of cyclic esters (lactones) is 1. The van der Waals surface area contributed by atoms with E-state index in [4.69, 9.17) is 14.2 Å². The molecule has 0 saturated heterocycles. The number of esters is 1. The largest absolute Gasteiger partial charge is 0.489 e. The summed E-state index contributed by atoms with van der Waals surface area (Å²) in [6.45, 7) is 9.58. The van der Waals surface area contributed by atoms with E-state index in [1.165, 1.54) is 11.6 Å². The molecule has 1 aliphatic rings. The van der Waals surface area contributed by atoms with E-state index in [1.807, 2.05) is 38.1 Å². The zero-order valence-corrected chi connectivity index (χ0v) is 24.5. The molecule has 1 atom stereocenters. The van der Waals surface area contributed by atoms with Gasteiger partial charge in [-0.05, 0) is 86.8 Å². The van der Waals surface area contributed by atoms with Gasteiger partial charge in [-0.15, -0.1) is 0 Å². The van der Waals surface area contributed by atoms with Gasteiger partial charge in [0.2, 0.25) is 0 Å². The monoisotopic (exact) mass is 563 g/mol. The summed E-state index contributed by atoms with van der Waals surface area (Å²) in [5.74, 6) is 0.980. The van der Waals surface area contributed by atoms with Gasteiger partial charge >= 0.3 is 5.97 Å². The number of likely N-dealkylation sites (N-methyl/N-ethyl adjacent to an activating group) is 1.